The molecule has 0 saturated heterocycles. The number of hydrogen-bond acceptors (Lipinski definition) is 5. The normalized spacial score (nSPS) is 14.2. The molecule has 2 amide bonds. The Morgan fingerprint density at radius 3 is 2.90 bits per heavy atom. The van der Waals surface area contributed by atoms with Crippen molar-refractivity contribution in [2.24, 2.45) is 0 Å². The van der Waals surface area contributed by atoms with Crippen molar-refractivity contribution in [3.63, 3.8) is 0 Å². The van der Waals surface area contributed by atoms with E-state index in [1.54, 1.807) is 34.4 Å². The van der Waals surface area contributed by atoms with E-state index in [0.29, 0.717) is 31.0 Å². The van der Waals surface area contributed by atoms with E-state index in [0.717, 1.165) is 12.8 Å². The van der Waals surface area contributed by atoms with Crippen LogP contribution in [0.1, 0.15) is 40.6 Å². The van der Waals surface area contributed by atoms with Crippen LogP contribution in [-0.2, 0) is 17.8 Å². The fraction of sp³-hybridized carbons (Fsp3) is 0.318. The zero-order valence-electron chi connectivity index (χ0n) is 16.6. The molecule has 8 heteroatoms. The van der Waals surface area contributed by atoms with Crippen molar-refractivity contribution < 1.29 is 14.0 Å². The maximum Gasteiger partial charge on any atom is 0.261 e. The van der Waals surface area contributed by atoms with Gasteiger partial charge in [0.1, 0.15) is 17.4 Å². The van der Waals surface area contributed by atoms with Crippen LogP contribution in [0.3, 0.4) is 0 Å². The molecule has 7 nitrogen and oxygen atoms in total. The summed E-state index contributed by atoms with van der Waals surface area (Å²) >= 11 is 1.71. The first-order valence-electron chi connectivity index (χ1n) is 9.99. The summed E-state index contributed by atoms with van der Waals surface area (Å²) in [5.41, 5.74) is 1.11. The van der Waals surface area contributed by atoms with Crippen molar-refractivity contribution in [1.29, 1.82) is 0 Å². The van der Waals surface area contributed by atoms with Gasteiger partial charge in [-0.05, 0) is 54.1 Å². The number of fused-ring (bicyclic) bond motifs is 1. The minimum atomic E-state index is -0.660. The third kappa shape index (κ3) is 4.09. The number of furan rings is 1. The predicted octanol–water partition coefficient (Wildman–Crippen LogP) is 3.18. The summed E-state index contributed by atoms with van der Waals surface area (Å²) in [6.07, 6.45) is 3.59. The van der Waals surface area contributed by atoms with E-state index in [-0.39, 0.29) is 11.5 Å². The molecule has 2 N–H and O–H groups in total. The zero-order chi connectivity index (χ0) is 21.1. The summed E-state index contributed by atoms with van der Waals surface area (Å²) in [4.78, 5) is 44.1. The molecular formula is C22H23N3O4S. The third-order valence-electron chi connectivity index (χ3n) is 5.24. The first kappa shape index (κ1) is 20.2. The van der Waals surface area contributed by atoms with Gasteiger partial charge in [-0.2, -0.15) is 0 Å². The Balaban J connectivity index is 1.48. The summed E-state index contributed by atoms with van der Waals surface area (Å²) in [6, 6.07) is 7.90. The molecular weight excluding hydrogens is 402 g/mol. The number of pyridine rings is 1. The molecule has 0 aliphatic carbocycles. The topological polar surface area (TPSA) is 95.4 Å². The van der Waals surface area contributed by atoms with Gasteiger partial charge >= 0.3 is 0 Å². The predicted molar refractivity (Wildman–Crippen MR) is 114 cm³/mol. The number of nitrogens with zero attached hydrogens (tertiary/aromatic N) is 1. The molecule has 30 heavy (non-hydrogen) atoms. The third-order valence-corrected chi connectivity index (χ3v) is 6.26. The van der Waals surface area contributed by atoms with Crippen molar-refractivity contribution in [3.8, 4) is 11.5 Å². The van der Waals surface area contributed by atoms with Gasteiger partial charge < -0.3 is 19.6 Å². The van der Waals surface area contributed by atoms with Gasteiger partial charge in [-0.25, -0.2) is 0 Å². The van der Waals surface area contributed by atoms with Gasteiger partial charge in [-0.1, -0.05) is 13.3 Å². The average Bonchev–Trinajstić information content (AvgIpc) is 3.44. The van der Waals surface area contributed by atoms with E-state index in [1.165, 1.54) is 22.8 Å². The molecule has 3 aromatic heterocycles. The van der Waals surface area contributed by atoms with Gasteiger partial charge in [0.05, 0.1) is 12.0 Å². The smallest absolute Gasteiger partial charge is 0.261 e. The van der Waals surface area contributed by atoms with Crippen molar-refractivity contribution >= 4 is 23.2 Å². The largest absolute Gasteiger partial charge is 0.463 e. The van der Waals surface area contributed by atoms with E-state index in [2.05, 4.69) is 10.3 Å². The molecule has 4 rings (SSSR count). The fourth-order valence-electron chi connectivity index (χ4n) is 3.67. The average molecular weight is 426 g/mol. The molecule has 0 radical (unpaired) electrons. The van der Waals surface area contributed by atoms with Crippen molar-refractivity contribution in [3.05, 3.63) is 68.3 Å². The lowest BCUT2D eigenvalue weighted by Crippen LogP contribution is -2.50. The Hall–Kier alpha value is -3.13. The Kier molecular flexibility index (Phi) is 5.85. The van der Waals surface area contributed by atoms with Crippen LogP contribution in [0.2, 0.25) is 0 Å². The highest BCUT2D eigenvalue weighted by atomic mass is 32.1. The first-order chi connectivity index (χ1) is 14.6. The Morgan fingerprint density at radius 1 is 1.30 bits per heavy atom. The number of rotatable bonds is 6. The number of hydrogen-bond donors (Lipinski definition) is 2. The number of thiophene rings is 1. The van der Waals surface area contributed by atoms with Crippen LogP contribution in [0.4, 0.5) is 0 Å². The second-order valence-electron chi connectivity index (χ2n) is 7.29. The molecule has 0 fully saturated rings. The number of aromatic amines is 1. The van der Waals surface area contributed by atoms with Gasteiger partial charge in [0.15, 0.2) is 0 Å². The van der Waals surface area contributed by atoms with Crippen molar-refractivity contribution in [2.45, 2.75) is 38.8 Å². The number of nitrogens with one attached hydrogen (secondary N) is 2. The molecule has 0 bridgehead atoms. The van der Waals surface area contributed by atoms with E-state index in [4.69, 9.17) is 4.42 Å². The molecule has 3 aromatic rings. The number of H-pyrrole nitrogens is 1. The summed E-state index contributed by atoms with van der Waals surface area (Å²) in [6.45, 7) is 3.16. The highest BCUT2D eigenvalue weighted by molar-refractivity contribution is 7.10. The highest BCUT2D eigenvalue weighted by Gasteiger charge is 2.29. The summed E-state index contributed by atoms with van der Waals surface area (Å²) in [5.74, 6) is -0.149. The van der Waals surface area contributed by atoms with Gasteiger partial charge in [0, 0.05) is 18.0 Å². The zero-order valence-corrected chi connectivity index (χ0v) is 17.5. The number of amides is 2. The monoisotopic (exact) mass is 425 g/mol. The standard InChI is InChI=1S/C22H23N3O4S/c1-2-4-17(22(28)25-10-8-19-14(13-25)9-12-30-19)24-21(27)15-6-7-16(23-20(15)26)18-5-3-11-29-18/h3,5-7,9,11-12,17H,2,4,8,10,13H2,1H3,(H,23,26)(H,24,27). The summed E-state index contributed by atoms with van der Waals surface area (Å²) < 4.78 is 5.27. The molecule has 4 heterocycles. The lowest BCUT2D eigenvalue weighted by Gasteiger charge is -2.30. The number of carbonyl (C=O) groups excluding carboxylic acids is 2. The Labute approximate surface area is 177 Å². The van der Waals surface area contributed by atoms with Crippen molar-refractivity contribution in [1.82, 2.24) is 15.2 Å². The minimum absolute atomic E-state index is 0.0297. The maximum absolute atomic E-state index is 13.1. The van der Waals surface area contributed by atoms with Crippen molar-refractivity contribution in [2.75, 3.05) is 6.54 Å². The molecule has 156 valence electrons. The SMILES string of the molecule is CCCC(NC(=O)c1ccc(-c2ccco2)[nH]c1=O)C(=O)N1CCc2sccc2C1. The second kappa shape index (κ2) is 8.71. The van der Waals surface area contributed by atoms with Gasteiger partial charge in [0.25, 0.3) is 11.5 Å². The molecule has 0 spiro atoms. The van der Waals surface area contributed by atoms with Gasteiger partial charge in [-0.3, -0.25) is 14.4 Å². The Bertz CT molecular complexity index is 1100. The van der Waals surface area contributed by atoms with Crippen LogP contribution >= 0.6 is 11.3 Å². The Morgan fingerprint density at radius 2 is 2.17 bits per heavy atom. The molecule has 1 atom stereocenters. The molecule has 1 aliphatic heterocycles. The lowest BCUT2D eigenvalue weighted by molar-refractivity contribution is -0.134. The van der Waals surface area contributed by atoms with Crippen LogP contribution in [-0.4, -0.2) is 34.3 Å². The van der Waals surface area contributed by atoms with Crippen LogP contribution in [0.15, 0.2) is 51.2 Å². The van der Waals surface area contributed by atoms with Crippen LogP contribution < -0.4 is 10.9 Å². The second-order valence-corrected chi connectivity index (χ2v) is 8.29. The summed E-state index contributed by atoms with van der Waals surface area (Å²) in [5, 5.41) is 4.82. The fourth-order valence-corrected chi connectivity index (χ4v) is 4.56. The highest BCUT2D eigenvalue weighted by Crippen LogP contribution is 2.24. The van der Waals surface area contributed by atoms with E-state index < -0.39 is 17.5 Å². The quantitative estimate of drug-likeness (QED) is 0.634. The number of carbonyl (C=O) groups is 2. The molecule has 1 aliphatic rings. The first-order valence-corrected chi connectivity index (χ1v) is 10.9. The molecule has 1 unspecified atom stereocenters. The van der Waals surface area contributed by atoms with Crippen LogP contribution in [0.25, 0.3) is 11.5 Å². The van der Waals surface area contributed by atoms with E-state index >= 15 is 0 Å². The van der Waals surface area contributed by atoms with Crippen LogP contribution in [0, 0.1) is 0 Å². The molecule has 0 aromatic carbocycles. The van der Waals surface area contributed by atoms with E-state index in [1.807, 2.05) is 18.4 Å². The van der Waals surface area contributed by atoms with E-state index in [9.17, 15) is 14.4 Å². The summed E-state index contributed by atoms with van der Waals surface area (Å²) in [7, 11) is 0. The van der Waals surface area contributed by atoms with Crippen LogP contribution in [0.5, 0.6) is 0 Å². The maximum atomic E-state index is 13.1. The van der Waals surface area contributed by atoms with Gasteiger partial charge in [0.2, 0.25) is 5.91 Å². The minimum Gasteiger partial charge on any atom is -0.463 e. The molecule has 0 saturated carbocycles. The number of aromatic nitrogens is 1. The lowest BCUT2D eigenvalue weighted by atomic mass is 10.1. The van der Waals surface area contributed by atoms with Gasteiger partial charge in [-0.15, -0.1) is 11.3 Å².